The van der Waals surface area contributed by atoms with Gasteiger partial charge in [0, 0.05) is 24.4 Å². The van der Waals surface area contributed by atoms with Crippen molar-refractivity contribution in [3.8, 4) is 11.5 Å². The molecule has 3 rings (SSSR count). The van der Waals surface area contributed by atoms with Gasteiger partial charge in [-0.3, -0.25) is 9.78 Å². The van der Waals surface area contributed by atoms with Crippen LogP contribution in [0.4, 0.5) is 0 Å². The van der Waals surface area contributed by atoms with Gasteiger partial charge in [0.05, 0.1) is 6.20 Å². The number of esters is 1. The van der Waals surface area contributed by atoms with Gasteiger partial charge < -0.3 is 9.47 Å². The van der Waals surface area contributed by atoms with Crippen LogP contribution in [0.15, 0.2) is 67.1 Å². The number of carbonyl (C=O) groups excluding carboxylic acids is 1. The second kappa shape index (κ2) is 8.97. The summed E-state index contributed by atoms with van der Waals surface area (Å²) in [5.74, 6) is 0.979. The van der Waals surface area contributed by atoms with Gasteiger partial charge in [-0.05, 0) is 36.2 Å². The van der Waals surface area contributed by atoms with E-state index in [0.29, 0.717) is 23.1 Å². The summed E-state index contributed by atoms with van der Waals surface area (Å²) in [5, 5.41) is 0.432. The lowest BCUT2D eigenvalue weighted by Crippen LogP contribution is -2.06. The van der Waals surface area contributed by atoms with Crippen molar-refractivity contribution in [3.05, 3.63) is 83.4 Å². The summed E-state index contributed by atoms with van der Waals surface area (Å²) in [6.07, 6.45) is 5.79. The largest absolute Gasteiger partial charge is 0.461 e. The van der Waals surface area contributed by atoms with Crippen LogP contribution >= 0.6 is 11.6 Å². The number of aromatic nitrogens is 2. The number of halogens is 1. The third-order valence-corrected chi connectivity index (χ3v) is 3.85. The number of hydrogen-bond donors (Lipinski definition) is 0. The number of hydrogen-bond acceptors (Lipinski definition) is 5. The maximum absolute atomic E-state index is 12.0. The molecule has 0 radical (unpaired) electrons. The van der Waals surface area contributed by atoms with E-state index in [-0.39, 0.29) is 19.0 Å². The van der Waals surface area contributed by atoms with Crippen molar-refractivity contribution in [1.82, 2.24) is 9.97 Å². The molecule has 3 aromatic rings. The molecule has 2 aromatic heterocycles. The Kier molecular flexibility index (Phi) is 6.17. The molecule has 0 atom stereocenters. The van der Waals surface area contributed by atoms with Crippen LogP contribution in [-0.4, -0.2) is 15.9 Å². The van der Waals surface area contributed by atoms with Crippen LogP contribution in [0.1, 0.15) is 17.5 Å². The van der Waals surface area contributed by atoms with Crippen molar-refractivity contribution >= 4 is 17.6 Å². The molecule has 0 spiro atoms. The van der Waals surface area contributed by atoms with Crippen molar-refractivity contribution in [2.24, 2.45) is 0 Å². The Balaban J connectivity index is 1.54. The summed E-state index contributed by atoms with van der Waals surface area (Å²) in [6, 6.07) is 14.6. The second-order valence-electron chi connectivity index (χ2n) is 5.55. The second-order valence-corrected chi connectivity index (χ2v) is 5.94. The number of benzene rings is 1. The molecule has 0 amide bonds. The first-order valence-electron chi connectivity index (χ1n) is 8.12. The smallest absolute Gasteiger partial charge is 0.306 e. The molecule has 26 heavy (non-hydrogen) atoms. The van der Waals surface area contributed by atoms with E-state index in [1.807, 2.05) is 36.4 Å². The lowest BCUT2D eigenvalue weighted by molar-refractivity contribution is -0.144. The topological polar surface area (TPSA) is 61.3 Å². The van der Waals surface area contributed by atoms with Crippen molar-refractivity contribution in [2.45, 2.75) is 19.4 Å². The molecule has 0 saturated carbocycles. The molecule has 0 aliphatic rings. The van der Waals surface area contributed by atoms with Crippen LogP contribution in [0, 0.1) is 0 Å². The summed E-state index contributed by atoms with van der Waals surface area (Å²) >= 11 is 5.75. The summed E-state index contributed by atoms with van der Waals surface area (Å²) in [7, 11) is 0. The third-order valence-electron chi connectivity index (χ3n) is 3.63. The minimum Gasteiger partial charge on any atom is -0.461 e. The first kappa shape index (κ1) is 17.9. The fourth-order valence-electron chi connectivity index (χ4n) is 2.29. The molecule has 0 aliphatic heterocycles. The Morgan fingerprint density at radius 2 is 1.92 bits per heavy atom. The van der Waals surface area contributed by atoms with E-state index in [1.165, 1.54) is 0 Å². The molecular formula is C20H17ClN2O3. The molecule has 2 heterocycles. The third kappa shape index (κ3) is 5.29. The molecule has 1 aromatic carbocycles. The van der Waals surface area contributed by atoms with E-state index < -0.39 is 0 Å². The first-order chi connectivity index (χ1) is 12.7. The number of pyridine rings is 2. The average Bonchev–Trinajstić information content (AvgIpc) is 2.68. The van der Waals surface area contributed by atoms with Gasteiger partial charge in [0.15, 0.2) is 0 Å². The van der Waals surface area contributed by atoms with Gasteiger partial charge in [0.25, 0.3) is 0 Å². The molecule has 0 saturated heterocycles. The fraction of sp³-hybridized carbons (Fsp3) is 0.150. The van der Waals surface area contributed by atoms with Gasteiger partial charge in [0.2, 0.25) is 0 Å². The van der Waals surface area contributed by atoms with Crippen LogP contribution in [0.2, 0.25) is 5.15 Å². The Hall–Kier alpha value is -2.92. The van der Waals surface area contributed by atoms with E-state index in [2.05, 4.69) is 9.97 Å². The summed E-state index contributed by atoms with van der Waals surface area (Å²) in [4.78, 5) is 20.0. The Morgan fingerprint density at radius 1 is 1.04 bits per heavy atom. The van der Waals surface area contributed by atoms with Gasteiger partial charge in [-0.2, -0.15) is 0 Å². The highest BCUT2D eigenvalue weighted by Crippen LogP contribution is 2.25. The molecule has 132 valence electrons. The van der Waals surface area contributed by atoms with Gasteiger partial charge >= 0.3 is 5.97 Å². The predicted molar refractivity (Wildman–Crippen MR) is 98.1 cm³/mol. The van der Waals surface area contributed by atoms with E-state index >= 15 is 0 Å². The van der Waals surface area contributed by atoms with Crippen LogP contribution in [0.25, 0.3) is 0 Å². The minimum atomic E-state index is -0.281. The maximum atomic E-state index is 12.0. The Bertz CT molecular complexity index is 854. The van der Waals surface area contributed by atoms with Gasteiger partial charge in [0.1, 0.15) is 23.3 Å². The number of ether oxygens (including phenoxy) is 2. The summed E-state index contributed by atoms with van der Waals surface area (Å²) < 4.78 is 11.2. The van der Waals surface area contributed by atoms with E-state index in [4.69, 9.17) is 21.1 Å². The SMILES string of the molecule is O=C(CCc1ccc(Cl)nc1)OCc1ccccc1Oc1cccnc1. The fourth-order valence-corrected chi connectivity index (χ4v) is 2.40. The molecule has 0 aliphatic carbocycles. The summed E-state index contributed by atoms with van der Waals surface area (Å²) in [5.41, 5.74) is 1.73. The molecular weight excluding hydrogens is 352 g/mol. The Morgan fingerprint density at radius 3 is 2.69 bits per heavy atom. The quantitative estimate of drug-likeness (QED) is 0.450. The number of carbonyl (C=O) groups is 1. The number of para-hydroxylation sites is 1. The predicted octanol–water partition coefficient (Wildman–Crippen LogP) is 4.60. The summed E-state index contributed by atoms with van der Waals surface area (Å²) in [6.45, 7) is 0.147. The normalized spacial score (nSPS) is 10.3. The Labute approximate surface area is 156 Å². The van der Waals surface area contributed by atoms with Gasteiger partial charge in [-0.15, -0.1) is 0 Å². The highest BCUT2D eigenvalue weighted by molar-refractivity contribution is 6.29. The zero-order chi connectivity index (χ0) is 18.2. The highest BCUT2D eigenvalue weighted by Gasteiger charge is 2.09. The van der Waals surface area contributed by atoms with Crippen molar-refractivity contribution in [3.63, 3.8) is 0 Å². The lowest BCUT2D eigenvalue weighted by atomic mass is 10.1. The van der Waals surface area contributed by atoms with Crippen molar-refractivity contribution in [1.29, 1.82) is 0 Å². The zero-order valence-electron chi connectivity index (χ0n) is 14.0. The maximum Gasteiger partial charge on any atom is 0.306 e. The van der Waals surface area contributed by atoms with Gasteiger partial charge in [-0.25, -0.2) is 4.98 Å². The minimum absolute atomic E-state index is 0.147. The molecule has 6 heteroatoms. The number of aryl methyl sites for hydroxylation is 1. The van der Waals surface area contributed by atoms with E-state index in [0.717, 1.165) is 11.1 Å². The highest BCUT2D eigenvalue weighted by atomic mass is 35.5. The van der Waals surface area contributed by atoms with Crippen LogP contribution in [0.5, 0.6) is 11.5 Å². The molecule has 5 nitrogen and oxygen atoms in total. The zero-order valence-corrected chi connectivity index (χ0v) is 14.7. The average molecular weight is 369 g/mol. The van der Waals surface area contributed by atoms with Gasteiger partial charge in [-0.1, -0.05) is 35.9 Å². The monoisotopic (exact) mass is 368 g/mol. The van der Waals surface area contributed by atoms with E-state index in [1.54, 1.807) is 30.7 Å². The first-order valence-corrected chi connectivity index (χ1v) is 8.50. The van der Waals surface area contributed by atoms with Crippen LogP contribution < -0.4 is 4.74 Å². The molecule has 0 N–H and O–H groups in total. The molecule has 0 bridgehead atoms. The van der Waals surface area contributed by atoms with Crippen molar-refractivity contribution < 1.29 is 14.3 Å². The van der Waals surface area contributed by atoms with E-state index in [9.17, 15) is 4.79 Å². The number of nitrogens with zero attached hydrogens (tertiary/aromatic N) is 2. The molecule has 0 unspecified atom stereocenters. The van der Waals surface area contributed by atoms with Crippen LogP contribution in [0.3, 0.4) is 0 Å². The lowest BCUT2D eigenvalue weighted by Gasteiger charge is -2.11. The van der Waals surface area contributed by atoms with Crippen LogP contribution in [-0.2, 0) is 22.6 Å². The number of rotatable bonds is 7. The van der Waals surface area contributed by atoms with Crippen molar-refractivity contribution in [2.75, 3.05) is 0 Å². The molecule has 0 fully saturated rings. The standard InChI is InChI=1S/C20H17ClN2O3/c21-19-9-7-15(12-23-19)8-10-20(24)25-14-16-4-1-2-6-18(16)26-17-5-3-11-22-13-17/h1-7,9,11-13H,8,10,14H2.